The van der Waals surface area contributed by atoms with Crippen LogP contribution in [0.2, 0.25) is 0 Å². The van der Waals surface area contributed by atoms with Crippen molar-refractivity contribution in [3.05, 3.63) is 71.9 Å². The van der Waals surface area contributed by atoms with Crippen molar-refractivity contribution < 1.29 is 4.79 Å². The van der Waals surface area contributed by atoms with Crippen molar-refractivity contribution in [2.75, 3.05) is 48.8 Å². The van der Waals surface area contributed by atoms with Gasteiger partial charge in [0.1, 0.15) is 0 Å². The second kappa shape index (κ2) is 11.4. The molecule has 0 radical (unpaired) electrons. The summed E-state index contributed by atoms with van der Waals surface area (Å²) in [4.78, 5) is 32.2. The normalized spacial score (nSPS) is 14.3. The number of anilines is 4. The van der Waals surface area contributed by atoms with E-state index in [1.165, 1.54) is 11.8 Å². The lowest BCUT2D eigenvalue weighted by Gasteiger charge is -2.32. The first-order valence-electron chi connectivity index (χ1n) is 12.9. The summed E-state index contributed by atoms with van der Waals surface area (Å²) < 4.78 is 0. The number of hydrogen-bond acceptors (Lipinski definition) is 9. The molecular weight excluding hydrogens is 510 g/mol. The van der Waals surface area contributed by atoms with E-state index in [2.05, 4.69) is 63.4 Å². The molecule has 0 atom stereocenters. The number of nitrogens with zero attached hydrogens (tertiary/aromatic N) is 6. The number of para-hydroxylation sites is 1. The van der Waals surface area contributed by atoms with Crippen LogP contribution in [0.3, 0.4) is 0 Å². The number of likely N-dealkylation sites (N-methyl/N-ethyl adjacent to an activating group) is 1. The topological polar surface area (TPSA) is 115 Å². The standard InChI is InChI=1S/C28H33N9OS/c1-28(2,3)22-18-23(35-34-22)30-25-31-26(37-16-14-36(4)15-17-37)33-27(32-25)39-21-12-10-19(11-13-21)24(38)29-20-8-6-5-7-9-20/h5-13,18H,14-17H2,1-4H3,(H,29,38)(H2,30,31,32,33,34,35). The molecule has 39 heavy (non-hydrogen) atoms. The van der Waals surface area contributed by atoms with Crippen molar-refractivity contribution in [3.63, 3.8) is 0 Å². The smallest absolute Gasteiger partial charge is 0.255 e. The molecule has 0 saturated carbocycles. The number of hydrogen-bond donors (Lipinski definition) is 3. The Labute approximate surface area is 232 Å². The molecule has 4 aromatic rings. The first-order chi connectivity index (χ1) is 18.7. The molecule has 1 amide bonds. The summed E-state index contributed by atoms with van der Waals surface area (Å²) in [7, 11) is 2.12. The fourth-order valence-electron chi connectivity index (χ4n) is 3.98. The molecule has 5 rings (SSSR count). The number of H-pyrrole nitrogens is 1. The van der Waals surface area contributed by atoms with Gasteiger partial charge in [-0.3, -0.25) is 9.89 Å². The molecule has 0 unspecified atom stereocenters. The largest absolute Gasteiger partial charge is 0.338 e. The van der Waals surface area contributed by atoms with Crippen molar-refractivity contribution in [2.24, 2.45) is 0 Å². The predicted molar refractivity (Wildman–Crippen MR) is 155 cm³/mol. The van der Waals surface area contributed by atoms with E-state index < -0.39 is 0 Å². The van der Waals surface area contributed by atoms with Crippen LogP contribution in [0.25, 0.3) is 0 Å². The highest BCUT2D eigenvalue weighted by Crippen LogP contribution is 2.29. The molecule has 11 heteroatoms. The first kappa shape index (κ1) is 26.6. The lowest BCUT2D eigenvalue weighted by atomic mass is 9.92. The maximum Gasteiger partial charge on any atom is 0.255 e. The van der Waals surface area contributed by atoms with Crippen molar-refractivity contribution in [1.29, 1.82) is 0 Å². The molecule has 3 heterocycles. The van der Waals surface area contributed by atoms with Crippen LogP contribution in [-0.4, -0.2) is 69.2 Å². The Balaban J connectivity index is 1.35. The van der Waals surface area contributed by atoms with Gasteiger partial charge in [-0.05, 0) is 55.2 Å². The van der Waals surface area contributed by atoms with Gasteiger partial charge in [0.05, 0.1) is 0 Å². The summed E-state index contributed by atoms with van der Waals surface area (Å²) in [6, 6.07) is 18.8. The zero-order valence-corrected chi connectivity index (χ0v) is 23.4. The Morgan fingerprint density at radius 2 is 1.67 bits per heavy atom. The Kier molecular flexibility index (Phi) is 7.80. The molecule has 1 aliphatic heterocycles. The number of amides is 1. The van der Waals surface area contributed by atoms with Crippen molar-refractivity contribution in [3.8, 4) is 0 Å². The van der Waals surface area contributed by atoms with E-state index in [-0.39, 0.29) is 11.3 Å². The van der Waals surface area contributed by atoms with Gasteiger partial charge in [0.25, 0.3) is 5.91 Å². The van der Waals surface area contributed by atoms with Crippen LogP contribution < -0.4 is 15.5 Å². The van der Waals surface area contributed by atoms with Crippen molar-refractivity contribution >= 4 is 41.1 Å². The number of piperazine rings is 1. The van der Waals surface area contributed by atoms with Crippen LogP contribution in [-0.2, 0) is 5.41 Å². The molecule has 0 spiro atoms. The lowest BCUT2D eigenvalue weighted by Crippen LogP contribution is -2.45. The Morgan fingerprint density at radius 3 is 2.33 bits per heavy atom. The third-order valence-corrected chi connectivity index (χ3v) is 7.25. The second-order valence-corrected chi connectivity index (χ2v) is 11.6. The van der Waals surface area contributed by atoms with Crippen LogP contribution in [0, 0.1) is 0 Å². The maximum absolute atomic E-state index is 12.6. The van der Waals surface area contributed by atoms with E-state index in [0.717, 1.165) is 42.5 Å². The zero-order chi connectivity index (χ0) is 27.4. The molecule has 1 aliphatic rings. The van der Waals surface area contributed by atoms with Crippen LogP contribution in [0.15, 0.2) is 70.7 Å². The average molecular weight is 544 g/mol. The van der Waals surface area contributed by atoms with E-state index in [4.69, 9.17) is 9.97 Å². The SMILES string of the molecule is CN1CCN(c2nc(Nc3cc(C(C)(C)C)[nH]n3)nc(Sc3ccc(C(=O)Nc4ccccc4)cc3)n2)CC1. The number of rotatable bonds is 7. The highest BCUT2D eigenvalue weighted by molar-refractivity contribution is 7.99. The van der Waals surface area contributed by atoms with Gasteiger partial charge in [0.15, 0.2) is 11.0 Å². The minimum Gasteiger partial charge on any atom is -0.338 e. The lowest BCUT2D eigenvalue weighted by molar-refractivity contribution is 0.102. The van der Waals surface area contributed by atoms with Crippen LogP contribution in [0.5, 0.6) is 0 Å². The van der Waals surface area contributed by atoms with Gasteiger partial charge in [-0.1, -0.05) is 39.0 Å². The van der Waals surface area contributed by atoms with E-state index in [1.807, 2.05) is 48.5 Å². The number of aromatic amines is 1. The van der Waals surface area contributed by atoms with Crippen LogP contribution in [0.1, 0.15) is 36.8 Å². The summed E-state index contributed by atoms with van der Waals surface area (Å²) in [5, 5.41) is 14.2. The second-order valence-electron chi connectivity index (χ2n) is 10.5. The Morgan fingerprint density at radius 1 is 0.949 bits per heavy atom. The molecule has 1 saturated heterocycles. The van der Waals surface area contributed by atoms with E-state index in [9.17, 15) is 4.79 Å². The van der Waals surface area contributed by atoms with E-state index >= 15 is 0 Å². The van der Waals surface area contributed by atoms with Gasteiger partial charge >= 0.3 is 0 Å². The number of benzene rings is 2. The summed E-state index contributed by atoms with van der Waals surface area (Å²) >= 11 is 1.43. The van der Waals surface area contributed by atoms with Gasteiger partial charge in [0, 0.05) is 59.5 Å². The third-order valence-electron chi connectivity index (χ3n) is 6.37. The van der Waals surface area contributed by atoms with Crippen LogP contribution >= 0.6 is 11.8 Å². The highest BCUT2D eigenvalue weighted by Gasteiger charge is 2.21. The van der Waals surface area contributed by atoms with Gasteiger partial charge in [0.2, 0.25) is 11.9 Å². The minimum absolute atomic E-state index is 0.0534. The van der Waals surface area contributed by atoms with Crippen LogP contribution in [0.4, 0.5) is 23.4 Å². The number of nitrogens with one attached hydrogen (secondary N) is 3. The third kappa shape index (κ3) is 6.92. The minimum atomic E-state index is -0.157. The van der Waals surface area contributed by atoms with E-state index in [0.29, 0.717) is 28.4 Å². The molecule has 202 valence electrons. The molecule has 10 nitrogen and oxygen atoms in total. The van der Waals surface area contributed by atoms with Gasteiger partial charge in [-0.2, -0.15) is 20.1 Å². The fraction of sp³-hybridized carbons (Fsp3) is 0.321. The quantitative estimate of drug-likeness (QED) is 0.303. The summed E-state index contributed by atoms with van der Waals surface area (Å²) in [6.07, 6.45) is 0. The Hall–Kier alpha value is -3.96. The zero-order valence-electron chi connectivity index (χ0n) is 22.6. The number of aromatic nitrogens is 5. The predicted octanol–water partition coefficient (Wildman–Crippen LogP) is 4.79. The maximum atomic E-state index is 12.6. The molecule has 0 bridgehead atoms. The summed E-state index contributed by atoms with van der Waals surface area (Å²) in [6.45, 7) is 9.95. The summed E-state index contributed by atoms with van der Waals surface area (Å²) in [5.74, 6) is 1.57. The van der Waals surface area contributed by atoms with Gasteiger partial charge < -0.3 is 20.4 Å². The highest BCUT2D eigenvalue weighted by atomic mass is 32.2. The van der Waals surface area contributed by atoms with Crippen molar-refractivity contribution in [2.45, 2.75) is 36.2 Å². The molecule has 0 aliphatic carbocycles. The monoisotopic (exact) mass is 543 g/mol. The Bertz CT molecular complexity index is 1410. The van der Waals surface area contributed by atoms with Gasteiger partial charge in [-0.15, -0.1) is 0 Å². The molecule has 2 aromatic heterocycles. The van der Waals surface area contributed by atoms with E-state index in [1.54, 1.807) is 12.1 Å². The molecule has 1 fully saturated rings. The summed E-state index contributed by atoms with van der Waals surface area (Å²) in [5.41, 5.74) is 2.30. The van der Waals surface area contributed by atoms with Gasteiger partial charge in [-0.25, -0.2) is 0 Å². The first-order valence-corrected chi connectivity index (χ1v) is 13.7. The molecular formula is C28H33N9OS. The molecule has 2 aromatic carbocycles. The fourth-order valence-corrected chi connectivity index (χ4v) is 4.73. The average Bonchev–Trinajstić information content (AvgIpc) is 3.39. The molecule has 3 N–H and O–H groups in total. The van der Waals surface area contributed by atoms with Crippen molar-refractivity contribution in [1.82, 2.24) is 30.0 Å². The number of carbonyl (C=O) groups excluding carboxylic acids is 1. The number of carbonyl (C=O) groups is 1.